The van der Waals surface area contributed by atoms with Gasteiger partial charge in [0.2, 0.25) is 10.0 Å². The zero-order valence-corrected chi connectivity index (χ0v) is 17.8. The molecule has 2 fully saturated rings. The Morgan fingerprint density at radius 2 is 1.86 bits per heavy atom. The second-order valence-corrected chi connectivity index (χ2v) is 9.30. The molecule has 2 aliphatic carbocycles. The van der Waals surface area contributed by atoms with Gasteiger partial charge in [0.05, 0.1) is 12.6 Å². The fourth-order valence-corrected chi connectivity index (χ4v) is 5.60. The molecule has 0 saturated heterocycles. The molecular formula is C19H30ClN3O4S. The lowest BCUT2D eigenvalue weighted by Gasteiger charge is -2.28. The summed E-state index contributed by atoms with van der Waals surface area (Å²) in [5, 5.41) is 3.03. The maximum absolute atomic E-state index is 12.9. The predicted octanol–water partition coefficient (Wildman–Crippen LogP) is 2.34. The van der Waals surface area contributed by atoms with Gasteiger partial charge in [0.25, 0.3) is 5.91 Å². The Morgan fingerprint density at radius 1 is 1.21 bits per heavy atom. The molecule has 1 aromatic carbocycles. The molecule has 0 bridgehead atoms. The average Bonchev–Trinajstić information content (AvgIpc) is 3.33. The summed E-state index contributed by atoms with van der Waals surface area (Å²) < 4.78 is 33.7. The molecule has 0 spiro atoms. The van der Waals surface area contributed by atoms with Crippen molar-refractivity contribution in [3.05, 3.63) is 23.8 Å². The zero-order chi connectivity index (χ0) is 19.5. The van der Waals surface area contributed by atoms with Gasteiger partial charge in [-0.25, -0.2) is 13.1 Å². The SMILES string of the molecule is COc1ccc(C(=O)NC2(CN)CCCC2)cc1S(=O)(=O)NC1CCCC1.Cl. The van der Waals surface area contributed by atoms with Crippen molar-refractivity contribution in [2.75, 3.05) is 13.7 Å². The molecule has 0 aromatic heterocycles. The van der Waals surface area contributed by atoms with Gasteiger partial charge in [-0.3, -0.25) is 4.79 Å². The molecule has 0 aliphatic heterocycles. The third-order valence-electron chi connectivity index (χ3n) is 5.72. The molecule has 0 atom stereocenters. The molecule has 0 radical (unpaired) electrons. The highest BCUT2D eigenvalue weighted by molar-refractivity contribution is 7.89. The number of halogens is 1. The van der Waals surface area contributed by atoms with Crippen LogP contribution in [0.25, 0.3) is 0 Å². The van der Waals surface area contributed by atoms with Crippen molar-refractivity contribution in [3.8, 4) is 5.75 Å². The Bertz CT molecular complexity index is 788. The first-order chi connectivity index (χ1) is 12.9. The summed E-state index contributed by atoms with van der Waals surface area (Å²) >= 11 is 0. The van der Waals surface area contributed by atoms with Crippen molar-refractivity contribution in [3.63, 3.8) is 0 Å². The van der Waals surface area contributed by atoms with E-state index in [1.54, 1.807) is 6.07 Å². The van der Waals surface area contributed by atoms with E-state index >= 15 is 0 Å². The largest absolute Gasteiger partial charge is 0.495 e. The minimum absolute atomic E-state index is 0. The maximum Gasteiger partial charge on any atom is 0.251 e. The Kier molecular flexibility index (Phi) is 7.73. The van der Waals surface area contributed by atoms with Crippen LogP contribution >= 0.6 is 12.4 Å². The summed E-state index contributed by atoms with van der Waals surface area (Å²) in [7, 11) is -2.35. The van der Waals surface area contributed by atoms with Crippen molar-refractivity contribution < 1.29 is 17.9 Å². The first-order valence-electron chi connectivity index (χ1n) is 9.62. The van der Waals surface area contributed by atoms with Crippen LogP contribution < -0.4 is 20.5 Å². The second kappa shape index (κ2) is 9.43. The summed E-state index contributed by atoms with van der Waals surface area (Å²) in [6.45, 7) is 0.378. The Balaban J connectivity index is 0.00000280. The van der Waals surface area contributed by atoms with Crippen molar-refractivity contribution in [1.29, 1.82) is 0 Å². The average molecular weight is 432 g/mol. The molecule has 9 heteroatoms. The highest BCUT2D eigenvalue weighted by Crippen LogP contribution is 2.30. The molecule has 2 saturated carbocycles. The fraction of sp³-hybridized carbons (Fsp3) is 0.632. The zero-order valence-electron chi connectivity index (χ0n) is 16.2. The standard InChI is InChI=1S/C19H29N3O4S.ClH/c1-26-16-9-8-14(18(23)21-19(13-20)10-4-5-11-19)12-17(16)27(24,25)22-15-6-2-3-7-15;/h8-9,12,15,22H,2-7,10-11,13,20H2,1H3,(H,21,23);1H. The van der Waals surface area contributed by atoms with E-state index in [-0.39, 0.29) is 35.0 Å². The summed E-state index contributed by atoms with van der Waals surface area (Å²) in [6, 6.07) is 4.45. The van der Waals surface area contributed by atoms with Crippen molar-refractivity contribution in [2.24, 2.45) is 5.73 Å². The van der Waals surface area contributed by atoms with Crippen LogP contribution in [0.2, 0.25) is 0 Å². The van der Waals surface area contributed by atoms with Gasteiger partial charge in [-0.1, -0.05) is 25.7 Å². The predicted molar refractivity (Wildman–Crippen MR) is 111 cm³/mol. The first-order valence-corrected chi connectivity index (χ1v) is 11.1. The maximum atomic E-state index is 12.9. The van der Waals surface area contributed by atoms with Crippen LogP contribution in [0.4, 0.5) is 0 Å². The number of sulfonamides is 1. The van der Waals surface area contributed by atoms with Crippen molar-refractivity contribution >= 4 is 28.3 Å². The number of benzene rings is 1. The third-order valence-corrected chi connectivity index (χ3v) is 7.26. The van der Waals surface area contributed by atoms with Crippen LogP contribution in [-0.4, -0.2) is 39.6 Å². The van der Waals surface area contributed by atoms with Gasteiger partial charge >= 0.3 is 0 Å². The Hall–Kier alpha value is -1.35. The van der Waals surface area contributed by atoms with Gasteiger partial charge in [0.15, 0.2) is 0 Å². The molecule has 2 aliphatic rings. The normalized spacial score (nSPS) is 19.2. The number of hydrogen-bond donors (Lipinski definition) is 3. The third kappa shape index (κ3) is 4.97. The van der Waals surface area contributed by atoms with Gasteiger partial charge in [0, 0.05) is 18.2 Å². The molecule has 4 N–H and O–H groups in total. The number of rotatable bonds is 7. The molecule has 0 unspecified atom stereocenters. The summed E-state index contributed by atoms with van der Waals surface area (Å²) in [5.41, 5.74) is 5.79. The van der Waals surface area contributed by atoms with Crippen LogP contribution in [0.1, 0.15) is 61.7 Å². The molecule has 158 valence electrons. The van der Waals surface area contributed by atoms with Gasteiger partial charge < -0.3 is 15.8 Å². The van der Waals surface area contributed by atoms with E-state index in [2.05, 4.69) is 10.0 Å². The van der Waals surface area contributed by atoms with E-state index in [4.69, 9.17) is 10.5 Å². The van der Waals surface area contributed by atoms with Crippen LogP contribution in [0.3, 0.4) is 0 Å². The molecule has 3 rings (SSSR count). The Morgan fingerprint density at radius 3 is 2.43 bits per heavy atom. The number of ether oxygens (including phenoxy) is 1. The monoisotopic (exact) mass is 431 g/mol. The molecule has 28 heavy (non-hydrogen) atoms. The number of hydrogen-bond acceptors (Lipinski definition) is 5. The van der Waals surface area contributed by atoms with E-state index in [0.717, 1.165) is 51.4 Å². The molecule has 7 nitrogen and oxygen atoms in total. The molecule has 0 heterocycles. The van der Waals surface area contributed by atoms with Gasteiger partial charge in [-0.2, -0.15) is 0 Å². The van der Waals surface area contributed by atoms with Crippen LogP contribution in [-0.2, 0) is 10.0 Å². The van der Waals surface area contributed by atoms with Gasteiger partial charge in [0.1, 0.15) is 10.6 Å². The highest BCUT2D eigenvalue weighted by Gasteiger charge is 2.34. The number of carbonyl (C=O) groups is 1. The lowest BCUT2D eigenvalue weighted by Crippen LogP contribution is -2.51. The molecular weight excluding hydrogens is 402 g/mol. The first kappa shape index (κ1) is 22.9. The van der Waals surface area contributed by atoms with Gasteiger partial charge in [-0.05, 0) is 43.9 Å². The summed E-state index contributed by atoms with van der Waals surface area (Å²) in [6.07, 6.45) is 7.47. The Labute approximate surface area is 173 Å². The minimum Gasteiger partial charge on any atom is -0.495 e. The number of methoxy groups -OCH3 is 1. The van der Waals surface area contributed by atoms with Crippen LogP contribution in [0, 0.1) is 0 Å². The van der Waals surface area contributed by atoms with E-state index in [1.165, 1.54) is 19.2 Å². The molecule has 1 amide bonds. The van der Waals surface area contributed by atoms with E-state index in [0.29, 0.717) is 12.1 Å². The summed E-state index contributed by atoms with van der Waals surface area (Å²) in [4.78, 5) is 12.8. The molecule has 1 aromatic rings. The smallest absolute Gasteiger partial charge is 0.251 e. The highest BCUT2D eigenvalue weighted by atomic mass is 35.5. The number of carbonyl (C=O) groups excluding carboxylic acids is 1. The summed E-state index contributed by atoms with van der Waals surface area (Å²) in [5.74, 6) is -0.0752. The second-order valence-electron chi connectivity index (χ2n) is 7.61. The van der Waals surface area contributed by atoms with Crippen molar-refractivity contribution in [1.82, 2.24) is 10.0 Å². The van der Waals surface area contributed by atoms with Gasteiger partial charge in [-0.15, -0.1) is 12.4 Å². The van der Waals surface area contributed by atoms with E-state index in [9.17, 15) is 13.2 Å². The van der Waals surface area contributed by atoms with Crippen LogP contribution in [0.5, 0.6) is 5.75 Å². The van der Waals surface area contributed by atoms with Crippen LogP contribution in [0.15, 0.2) is 23.1 Å². The number of amides is 1. The topological polar surface area (TPSA) is 111 Å². The fourth-order valence-electron chi connectivity index (χ4n) is 4.10. The lowest BCUT2D eigenvalue weighted by atomic mass is 9.97. The lowest BCUT2D eigenvalue weighted by molar-refractivity contribution is 0.0903. The number of nitrogens with two attached hydrogens (primary N) is 1. The van der Waals surface area contributed by atoms with E-state index < -0.39 is 15.6 Å². The quantitative estimate of drug-likeness (QED) is 0.613. The van der Waals surface area contributed by atoms with E-state index in [1.807, 2.05) is 0 Å². The van der Waals surface area contributed by atoms with Crippen molar-refractivity contribution in [2.45, 2.75) is 67.8 Å². The minimum atomic E-state index is -3.77. The number of nitrogens with one attached hydrogen (secondary N) is 2.